The molecule has 0 heterocycles. The zero-order valence-corrected chi connectivity index (χ0v) is 24.6. The maximum Gasteiger partial charge on any atom is 0.408 e. The largest absolute Gasteiger partial charge is 0.508 e. The summed E-state index contributed by atoms with van der Waals surface area (Å²) in [6, 6.07) is 4.66. The number of ether oxygens (including phenoxy) is 1. The lowest BCUT2D eigenvalue weighted by Gasteiger charge is -2.36. The van der Waals surface area contributed by atoms with Crippen LogP contribution in [0.15, 0.2) is 24.3 Å². The van der Waals surface area contributed by atoms with Crippen molar-refractivity contribution in [2.75, 3.05) is 13.1 Å². The first-order valence-electron chi connectivity index (χ1n) is 14.3. The molecule has 0 aliphatic rings. The predicted molar refractivity (Wildman–Crippen MR) is 152 cm³/mol. The first-order chi connectivity index (χ1) is 17.9. The van der Waals surface area contributed by atoms with Crippen LogP contribution in [-0.2, 0) is 14.3 Å². The number of alkyl carbamates (subject to hydrolysis) is 1. The van der Waals surface area contributed by atoms with E-state index in [1.165, 1.54) is 12.1 Å². The smallest absolute Gasteiger partial charge is 0.408 e. The van der Waals surface area contributed by atoms with E-state index in [0.717, 1.165) is 44.9 Å². The molecule has 3 amide bonds. The summed E-state index contributed by atoms with van der Waals surface area (Å²) in [6.45, 7) is 14.3. The van der Waals surface area contributed by atoms with Crippen LogP contribution >= 0.6 is 0 Å². The lowest BCUT2D eigenvalue weighted by atomic mass is 9.95. The van der Waals surface area contributed by atoms with E-state index >= 15 is 0 Å². The lowest BCUT2D eigenvalue weighted by Crippen LogP contribution is -2.55. The first-order valence-corrected chi connectivity index (χ1v) is 14.3. The zero-order valence-electron chi connectivity index (χ0n) is 24.6. The molecule has 1 rings (SSSR count). The van der Waals surface area contributed by atoms with Crippen molar-refractivity contribution in [3.63, 3.8) is 0 Å². The average Bonchev–Trinajstić information content (AvgIpc) is 2.86. The molecule has 0 saturated heterocycles. The number of phenols is 1. The monoisotopic (exact) mass is 533 g/mol. The number of nitrogens with one attached hydrogen (secondary N) is 2. The highest BCUT2D eigenvalue weighted by atomic mass is 16.6. The van der Waals surface area contributed by atoms with Crippen LogP contribution in [-0.4, -0.2) is 52.6 Å². The highest BCUT2D eigenvalue weighted by molar-refractivity contribution is 5.92. The fraction of sp³-hybridized carbons (Fsp3) is 0.700. The Hall–Kier alpha value is -2.77. The summed E-state index contributed by atoms with van der Waals surface area (Å²) in [5, 5.41) is 15.7. The maximum absolute atomic E-state index is 14.2. The number of benzene rings is 1. The number of amides is 3. The second kappa shape index (κ2) is 16.9. The van der Waals surface area contributed by atoms with Gasteiger partial charge in [0.1, 0.15) is 23.4 Å². The molecule has 1 aromatic carbocycles. The van der Waals surface area contributed by atoms with Crippen LogP contribution in [0.1, 0.15) is 111 Å². The molecule has 0 bridgehead atoms. The normalized spacial score (nSPS) is 13.8. The summed E-state index contributed by atoms with van der Waals surface area (Å²) in [5.74, 6) is -0.679. The third kappa shape index (κ3) is 11.7. The van der Waals surface area contributed by atoms with Gasteiger partial charge in [0.05, 0.1) is 0 Å². The highest BCUT2D eigenvalue weighted by Gasteiger charge is 2.37. The van der Waals surface area contributed by atoms with Gasteiger partial charge in [-0.15, -0.1) is 0 Å². The summed E-state index contributed by atoms with van der Waals surface area (Å²) in [5.41, 5.74) is -0.0975. The summed E-state index contributed by atoms with van der Waals surface area (Å²) in [4.78, 5) is 42.1. The van der Waals surface area contributed by atoms with E-state index in [4.69, 9.17) is 4.74 Å². The second-order valence-corrected chi connectivity index (χ2v) is 11.1. The molecule has 8 heteroatoms. The Morgan fingerprint density at radius 2 is 1.55 bits per heavy atom. The van der Waals surface area contributed by atoms with Gasteiger partial charge in [0.15, 0.2) is 0 Å². The summed E-state index contributed by atoms with van der Waals surface area (Å²) in [6.07, 6.45) is 6.61. The van der Waals surface area contributed by atoms with Crippen LogP contribution in [0.2, 0.25) is 0 Å². The molecular weight excluding hydrogens is 482 g/mol. The van der Waals surface area contributed by atoms with Gasteiger partial charge in [0.2, 0.25) is 11.8 Å². The van der Waals surface area contributed by atoms with Crippen molar-refractivity contribution >= 4 is 17.9 Å². The van der Waals surface area contributed by atoms with E-state index in [1.54, 1.807) is 37.8 Å². The van der Waals surface area contributed by atoms with Gasteiger partial charge in [-0.25, -0.2) is 4.79 Å². The van der Waals surface area contributed by atoms with E-state index in [1.807, 2.05) is 13.8 Å². The van der Waals surface area contributed by atoms with Crippen LogP contribution < -0.4 is 10.6 Å². The molecule has 1 aromatic rings. The maximum atomic E-state index is 14.2. The topological polar surface area (TPSA) is 108 Å². The number of nitrogens with zero attached hydrogens (tertiary/aromatic N) is 1. The van der Waals surface area contributed by atoms with Gasteiger partial charge >= 0.3 is 6.09 Å². The van der Waals surface area contributed by atoms with Gasteiger partial charge in [-0.1, -0.05) is 78.4 Å². The minimum atomic E-state index is -0.890. The van der Waals surface area contributed by atoms with E-state index in [2.05, 4.69) is 24.5 Å². The summed E-state index contributed by atoms with van der Waals surface area (Å²) in [7, 11) is 0. The highest BCUT2D eigenvalue weighted by Crippen LogP contribution is 2.27. The van der Waals surface area contributed by atoms with Crippen molar-refractivity contribution in [3.8, 4) is 5.75 Å². The molecular formula is C30H51N3O5. The lowest BCUT2D eigenvalue weighted by molar-refractivity contribution is -0.143. The number of aromatic hydroxyl groups is 1. The standard InChI is InChI=1S/C30H51N3O5/c1-8-11-13-15-21-33(28(36)25(22(4)10-3)32-29(37)38-30(5,6)7)26(23-16-18-24(34)19-17-23)27(35)31-20-14-12-9-2/h16-19,22,25-26,34H,8-15,20-21H2,1-7H3,(H,31,35)(H,32,37). The molecule has 3 unspecified atom stereocenters. The van der Waals surface area contributed by atoms with Crippen molar-refractivity contribution in [1.29, 1.82) is 0 Å². The van der Waals surface area contributed by atoms with Crippen molar-refractivity contribution in [3.05, 3.63) is 29.8 Å². The van der Waals surface area contributed by atoms with Crippen molar-refractivity contribution < 1.29 is 24.2 Å². The van der Waals surface area contributed by atoms with E-state index in [0.29, 0.717) is 25.1 Å². The number of hydrogen-bond acceptors (Lipinski definition) is 5. The molecule has 38 heavy (non-hydrogen) atoms. The first kappa shape index (κ1) is 33.3. The number of carbonyl (C=O) groups is 3. The summed E-state index contributed by atoms with van der Waals surface area (Å²) < 4.78 is 5.46. The quantitative estimate of drug-likeness (QED) is 0.223. The van der Waals surface area contributed by atoms with Gasteiger partial charge in [0, 0.05) is 13.1 Å². The van der Waals surface area contributed by atoms with Crippen molar-refractivity contribution in [2.45, 2.75) is 118 Å². The molecule has 0 spiro atoms. The third-order valence-corrected chi connectivity index (χ3v) is 6.54. The molecule has 3 N–H and O–H groups in total. The summed E-state index contributed by atoms with van der Waals surface area (Å²) >= 11 is 0. The minimum Gasteiger partial charge on any atom is -0.508 e. The number of hydrogen-bond donors (Lipinski definition) is 3. The molecule has 0 aliphatic heterocycles. The van der Waals surface area contributed by atoms with E-state index in [9.17, 15) is 19.5 Å². The van der Waals surface area contributed by atoms with E-state index in [-0.39, 0.29) is 23.5 Å². The minimum absolute atomic E-state index is 0.0840. The second-order valence-electron chi connectivity index (χ2n) is 11.1. The zero-order chi connectivity index (χ0) is 28.7. The fourth-order valence-corrected chi connectivity index (χ4v) is 4.18. The number of unbranched alkanes of at least 4 members (excludes halogenated alkanes) is 5. The van der Waals surface area contributed by atoms with Crippen LogP contribution in [0.3, 0.4) is 0 Å². The SMILES string of the molecule is CCCCCCN(C(=O)C(NC(=O)OC(C)(C)C)C(C)CC)C(C(=O)NCCCCC)c1ccc(O)cc1. The van der Waals surface area contributed by atoms with Gasteiger partial charge < -0.3 is 25.4 Å². The number of phenolic OH excluding ortho intramolecular Hbond substituents is 1. The average molecular weight is 534 g/mol. The Morgan fingerprint density at radius 1 is 0.947 bits per heavy atom. The van der Waals surface area contributed by atoms with Crippen LogP contribution in [0.5, 0.6) is 5.75 Å². The van der Waals surface area contributed by atoms with Crippen molar-refractivity contribution in [1.82, 2.24) is 15.5 Å². The Balaban J connectivity index is 3.43. The molecule has 0 radical (unpaired) electrons. The van der Waals surface area contributed by atoms with Gasteiger partial charge in [-0.2, -0.15) is 0 Å². The fourth-order valence-electron chi connectivity index (χ4n) is 4.18. The Morgan fingerprint density at radius 3 is 2.11 bits per heavy atom. The van der Waals surface area contributed by atoms with Crippen LogP contribution in [0.25, 0.3) is 0 Å². The molecule has 8 nitrogen and oxygen atoms in total. The van der Waals surface area contributed by atoms with Gasteiger partial charge in [-0.05, 0) is 57.2 Å². The van der Waals surface area contributed by atoms with E-state index < -0.39 is 23.8 Å². The molecule has 216 valence electrons. The Labute approximate surface area is 229 Å². The molecule has 0 aromatic heterocycles. The van der Waals surface area contributed by atoms with Crippen molar-refractivity contribution in [2.24, 2.45) is 5.92 Å². The molecule has 0 fully saturated rings. The van der Waals surface area contributed by atoms with Gasteiger partial charge in [-0.3, -0.25) is 9.59 Å². The third-order valence-electron chi connectivity index (χ3n) is 6.54. The van der Waals surface area contributed by atoms with Gasteiger partial charge in [0.25, 0.3) is 0 Å². The van der Waals surface area contributed by atoms with Crippen LogP contribution in [0.4, 0.5) is 4.79 Å². The molecule has 3 atom stereocenters. The Kier molecular flexibility index (Phi) is 14.8. The molecule has 0 aliphatic carbocycles. The number of rotatable bonds is 16. The number of carbonyl (C=O) groups excluding carboxylic acids is 3. The predicted octanol–water partition coefficient (Wildman–Crippen LogP) is 6.09. The molecule has 0 saturated carbocycles. The van der Waals surface area contributed by atoms with Crippen LogP contribution in [0, 0.1) is 5.92 Å². The Bertz CT molecular complexity index is 850.